The second kappa shape index (κ2) is 7.85. The number of carbonyl (C=O) groups is 2. The number of nitrogens with zero attached hydrogens (tertiary/aromatic N) is 3. The Bertz CT molecular complexity index is 689. The molecule has 1 saturated heterocycles. The summed E-state index contributed by atoms with van der Waals surface area (Å²) in [5.74, 6) is 0.253. The van der Waals surface area contributed by atoms with Crippen LogP contribution < -0.4 is 5.32 Å². The number of hydrogen-bond acceptors (Lipinski definition) is 5. The second-order valence-electron chi connectivity index (χ2n) is 7.55. The van der Waals surface area contributed by atoms with Gasteiger partial charge in [-0.3, -0.25) is 14.6 Å². The van der Waals surface area contributed by atoms with Crippen LogP contribution in [0.15, 0.2) is 29.7 Å². The molecule has 140 valence electrons. The number of hydrogen-bond donors (Lipinski definition) is 1. The number of pyridine rings is 1. The fraction of sp³-hybridized carbons (Fsp3) is 0.579. The predicted molar refractivity (Wildman–Crippen MR) is 97.2 cm³/mol. The molecule has 1 fully saturated rings. The Morgan fingerprint density at radius 2 is 2.27 bits per heavy atom. The molecule has 1 spiro atoms. The van der Waals surface area contributed by atoms with E-state index in [4.69, 9.17) is 4.84 Å². The molecule has 3 rings (SSSR count). The molecule has 3 heterocycles. The number of nitrogens with one attached hydrogen (secondary N) is 1. The maximum atomic E-state index is 12.4. The van der Waals surface area contributed by atoms with Crippen LogP contribution >= 0.6 is 0 Å². The molecule has 2 aliphatic rings. The molecular formula is C19H26N4O3. The van der Waals surface area contributed by atoms with Crippen molar-refractivity contribution in [1.82, 2.24) is 15.2 Å². The summed E-state index contributed by atoms with van der Waals surface area (Å²) in [7, 11) is 0. The third-order valence-corrected chi connectivity index (χ3v) is 4.75. The van der Waals surface area contributed by atoms with E-state index in [2.05, 4.69) is 15.5 Å². The molecule has 1 aromatic rings. The highest BCUT2D eigenvalue weighted by atomic mass is 16.7. The molecule has 0 aromatic carbocycles. The maximum absolute atomic E-state index is 12.4. The lowest BCUT2D eigenvalue weighted by atomic mass is 9.87. The minimum Gasteiger partial charge on any atom is -0.386 e. The van der Waals surface area contributed by atoms with Gasteiger partial charge >= 0.3 is 0 Å². The van der Waals surface area contributed by atoms with Crippen LogP contribution in [-0.4, -0.2) is 46.1 Å². The average Bonchev–Trinajstić information content (AvgIpc) is 3.03. The van der Waals surface area contributed by atoms with E-state index in [-0.39, 0.29) is 11.8 Å². The quantitative estimate of drug-likeness (QED) is 0.871. The monoisotopic (exact) mass is 358 g/mol. The van der Waals surface area contributed by atoms with Crippen molar-refractivity contribution in [3.05, 3.63) is 30.1 Å². The SMILES string of the molecule is CC(C)CC(=O)N1CCC[C@]2(CC(C(=O)NCc3cccnc3)=NO2)C1. The first-order valence-corrected chi connectivity index (χ1v) is 9.17. The van der Waals surface area contributed by atoms with Crippen LogP contribution in [0.3, 0.4) is 0 Å². The van der Waals surface area contributed by atoms with Crippen molar-refractivity contribution in [3.63, 3.8) is 0 Å². The van der Waals surface area contributed by atoms with Crippen LogP contribution in [-0.2, 0) is 21.0 Å². The number of oxime groups is 1. The van der Waals surface area contributed by atoms with E-state index in [1.165, 1.54) is 0 Å². The average molecular weight is 358 g/mol. The van der Waals surface area contributed by atoms with Crippen molar-refractivity contribution in [1.29, 1.82) is 0 Å². The van der Waals surface area contributed by atoms with Crippen LogP contribution in [0.4, 0.5) is 0 Å². The minimum absolute atomic E-state index is 0.150. The van der Waals surface area contributed by atoms with Gasteiger partial charge in [-0.2, -0.15) is 0 Å². The number of aromatic nitrogens is 1. The summed E-state index contributed by atoms with van der Waals surface area (Å²) in [4.78, 5) is 36.3. The van der Waals surface area contributed by atoms with Gasteiger partial charge in [0.25, 0.3) is 5.91 Å². The van der Waals surface area contributed by atoms with E-state index < -0.39 is 5.60 Å². The molecule has 0 bridgehead atoms. The van der Waals surface area contributed by atoms with Gasteiger partial charge in [0.15, 0.2) is 5.60 Å². The van der Waals surface area contributed by atoms with Gasteiger partial charge in [0, 0.05) is 38.3 Å². The zero-order valence-corrected chi connectivity index (χ0v) is 15.4. The highest BCUT2D eigenvalue weighted by Crippen LogP contribution is 2.33. The summed E-state index contributed by atoms with van der Waals surface area (Å²) in [6.07, 6.45) is 6.06. The standard InChI is InChI=1S/C19H26N4O3/c1-14(2)9-17(24)23-8-4-6-19(13-23)10-16(22-26-19)18(25)21-12-15-5-3-7-20-11-15/h3,5,7,11,14H,4,6,8-10,12-13H2,1-2H3,(H,21,25)/t19-/m0/s1. The zero-order chi connectivity index (χ0) is 18.6. The second-order valence-corrected chi connectivity index (χ2v) is 7.55. The molecule has 1 atom stereocenters. The molecule has 26 heavy (non-hydrogen) atoms. The Kier molecular flexibility index (Phi) is 5.54. The summed E-state index contributed by atoms with van der Waals surface area (Å²) in [5.41, 5.74) is 0.775. The number of amides is 2. The first kappa shape index (κ1) is 18.4. The van der Waals surface area contributed by atoms with E-state index in [1.807, 2.05) is 30.9 Å². The lowest BCUT2D eigenvalue weighted by Gasteiger charge is -2.38. The Balaban J connectivity index is 1.54. The van der Waals surface area contributed by atoms with Crippen LogP contribution in [0.2, 0.25) is 0 Å². The van der Waals surface area contributed by atoms with Crippen molar-refractivity contribution < 1.29 is 14.4 Å². The summed E-state index contributed by atoms with van der Waals surface area (Å²) in [6.45, 7) is 5.73. The predicted octanol–water partition coefficient (Wildman–Crippen LogP) is 1.88. The fourth-order valence-corrected chi connectivity index (χ4v) is 3.44. The number of carbonyl (C=O) groups excluding carboxylic acids is 2. The van der Waals surface area contributed by atoms with Crippen molar-refractivity contribution in [2.24, 2.45) is 11.1 Å². The van der Waals surface area contributed by atoms with Crippen molar-refractivity contribution in [3.8, 4) is 0 Å². The summed E-state index contributed by atoms with van der Waals surface area (Å²) < 4.78 is 0. The van der Waals surface area contributed by atoms with Gasteiger partial charge in [-0.1, -0.05) is 25.1 Å². The molecule has 0 radical (unpaired) electrons. The van der Waals surface area contributed by atoms with Gasteiger partial charge in [0.05, 0.1) is 6.54 Å². The topological polar surface area (TPSA) is 83.9 Å². The third-order valence-electron chi connectivity index (χ3n) is 4.75. The number of rotatable bonds is 5. The van der Waals surface area contributed by atoms with Gasteiger partial charge in [-0.25, -0.2) is 0 Å². The molecule has 2 aliphatic heterocycles. The smallest absolute Gasteiger partial charge is 0.269 e. The molecule has 2 amide bonds. The van der Waals surface area contributed by atoms with Crippen LogP contribution in [0.1, 0.15) is 45.1 Å². The van der Waals surface area contributed by atoms with E-state index in [9.17, 15) is 9.59 Å². The van der Waals surface area contributed by atoms with Gasteiger partial charge in [0.2, 0.25) is 5.91 Å². The highest BCUT2D eigenvalue weighted by molar-refractivity contribution is 6.39. The van der Waals surface area contributed by atoms with E-state index in [0.717, 1.165) is 24.9 Å². The summed E-state index contributed by atoms with van der Waals surface area (Å²) in [5, 5.41) is 6.88. The van der Waals surface area contributed by atoms with Gasteiger partial charge in [-0.15, -0.1) is 0 Å². The lowest BCUT2D eigenvalue weighted by Crippen LogP contribution is -2.51. The lowest BCUT2D eigenvalue weighted by molar-refractivity contribution is -0.141. The van der Waals surface area contributed by atoms with Crippen molar-refractivity contribution in [2.75, 3.05) is 13.1 Å². The highest BCUT2D eigenvalue weighted by Gasteiger charge is 2.45. The molecule has 7 heteroatoms. The van der Waals surface area contributed by atoms with Gasteiger partial charge < -0.3 is 15.1 Å². The first-order valence-electron chi connectivity index (χ1n) is 9.17. The van der Waals surface area contributed by atoms with E-state index in [1.54, 1.807) is 12.4 Å². The largest absolute Gasteiger partial charge is 0.386 e. The number of piperidine rings is 1. The van der Waals surface area contributed by atoms with Crippen LogP contribution in [0, 0.1) is 5.92 Å². The molecule has 0 saturated carbocycles. The number of likely N-dealkylation sites (tertiary alicyclic amines) is 1. The van der Waals surface area contributed by atoms with Gasteiger partial charge in [-0.05, 0) is 30.4 Å². The normalized spacial score (nSPS) is 22.3. The Hall–Kier alpha value is -2.44. The third kappa shape index (κ3) is 4.39. The van der Waals surface area contributed by atoms with Crippen LogP contribution in [0.5, 0.6) is 0 Å². The Morgan fingerprint density at radius 3 is 3.00 bits per heavy atom. The summed E-state index contributed by atoms with van der Waals surface area (Å²) in [6, 6.07) is 3.73. The molecular weight excluding hydrogens is 332 g/mol. The maximum Gasteiger partial charge on any atom is 0.269 e. The molecule has 1 aromatic heterocycles. The van der Waals surface area contributed by atoms with Gasteiger partial charge in [0.1, 0.15) is 5.71 Å². The van der Waals surface area contributed by atoms with E-state index >= 15 is 0 Å². The molecule has 1 N–H and O–H groups in total. The zero-order valence-electron chi connectivity index (χ0n) is 15.4. The molecule has 0 aliphatic carbocycles. The van der Waals surface area contributed by atoms with Crippen molar-refractivity contribution >= 4 is 17.5 Å². The first-order chi connectivity index (χ1) is 12.5. The Morgan fingerprint density at radius 1 is 1.42 bits per heavy atom. The van der Waals surface area contributed by atoms with Crippen molar-refractivity contribution in [2.45, 2.75) is 51.7 Å². The molecule has 7 nitrogen and oxygen atoms in total. The minimum atomic E-state index is -0.550. The van der Waals surface area contributed by atoms with Crippen LogP contribution in [0.25, 0.3) is 0 Å². The molecule has 0 unspecified atom stereocenters. The Labute approximate surface area is 153 Å². The summed E-state index contributed by atoms with van der Waals surface area (Å²) >= 11 is 0. The fourth-order valence-electron chi connectivity index (χ4n) is 3.44. The van der Waals surface area contributed by atoms with E-state index in [0.29, 0.717) is 37.6 Å².